The van der Waals surface area contributed by atoms with E-state index in [-0.39, 0.29) is 12.1 Å². The Kier molecular flexibility index (Phi) is 7.03. The number of aliphatic hydroxyl groups is 1. The molecule has 3 heterocycles. The van der Waals surface area contributed by atoms with E-state index in [1.165, 1.54) is 21.8 Å². The zero-order valence-electron chi connectivity index (χ0n) is 22.7. The number of nitrogens with zero attached hydrogens (tertiary/aromatic N) is 6. The van der Waals surface area contributed by atoms with Gasteiger partial charge in [-0.2, -0.15) is 4.98 Å². The molecule has 0 unspecified atom stereocenters. The van der Waals surface area contributed by atoms with Crippen LogP contribution in [0.2, 0.25) is 0 Å². The number of benzene rings is 2. The van der Waals surface area contributed by atoms with Crippen LogP contribution in [0.25, 0.3) is 27.6 Å². The SMILES string of the molecule is C=CCn1c(=O)c2cnc(Nc3ccc4c(CCN(C)C)cccc4c3)nc2n1-c1cccc(C(C)(C)O)n1. The number of hydrogen-bond donors (Lipinski definition) is 2. The minimum atomic E-state index is -1.15. The second kappa shape index (κ2) is 10.4. The first-order valence-electron chi connectivity index (χ1n) is 12.9. The summed E-state index contributed by atoms with van der Waals surface area (Å²) in [5, 5.41) is 16.5. The molecule has 200 valence electrons. The summed E-state index contributed by atoms with van der Waals surface area (Å²) in [4.78, 5) is 29.2. The largest absolute Gasteiger partial charge is 0.384 e. The number of allylic oxidation sites excluding steroid dienone is 1. The molecular formula is C30H33N7O2. The average molecular weight is 524 g/mol. The van der Waals surface area contributed by atoms with Gasteiger partial charge >= 0.3 is 0 Å². The molecule has 2 aromatic carbocycles. The Balaban J connectivity index is 1.56. The summed E-state index contributed by atoms with van der Waals surface area (Å²) in [6.45, 7) is 8.37. The Labute approximate surface area is 227 Å². The van der Waals surface area contributed by atoms with Gasteiger partial charge in [0.15, 0.2) is 11.5 Å². The van der Waals surface area contributed by atoms with Gasteiger partial charge in [-0.25, -0.2) is 19.3 Å². The van der Waals surface area contributed by atoms with E-state index >= 15 is 0 Å². The van der Waals surface area contributed by atoms with Crippen LogP contribution in [0.15, 0.2) is 78.2 Å². The minimum absolute atomic E-state index is 0.247. The quantitative estimate of drug-likeness (QED) is 0.276. The first-order chi connectivity index (χ1) is 18.7. The fourth-order valence-electron chi connectivity index (χ4n) is 4.61. The molecule has 9 nitrogen and oxygen atoms in total. The molecule has 39 heavy (non-hydrogen) atoms. The highest BCUT2D eigenvalue weighted by Gasteiger charge is 2.21. The second-order valence-electron chi connectivity index (χ2n) is 10.4. The van der Waals surface area contributed by atoms with Gasteiger partial charge in [-0.3, -0.25) is 4.79 Å². The van der Waals surface area contributed by atoms with Crippen LogP contribution in [0.3, 0.4) is 0 Å². The predicted octanol–water partition coefficient (Wildman–Crippen LogP) is 4.39. The Morgan fingerprint density at radius 2 is 1.87 bits per heavy atom. The van der Waals surface area contributed by atoms with E-state index < -0.39 is 5.60 Å². The van der Waals surface area contributed by atoms with Crippen LogP contribution >= 0.6 is 0 Å². The van der Waals surface area contributed by atoms with Crippen molar-refractivity contribution in [1.82, 2.24) is 29.2 Å². The number of nitrogens with one attached hydrogen (secondary N) is 1. The standard InChI is InChI=1S/C30H33N7O2/c1-6-16-36-28(38)24-19-31-29(34-27(24)37(36)26-12-8-11-25(33-26)30(2,3)39)32-22-13-14-23-20(15-17-35(4)5)9-7-10-21(23)18-22/h6-14,18-19,39H,1,15-17H2,2-5H3,(H,31,32,34). The van der Waals surface area contributed by atoms with Gasteiger partial charge < -0.3 is 15.3 Å². The molecule has 9 heteroatoms. The lowest BCUT2D eigenvalue weighted by Gasteiger charge is -2.18. The second-order valence-corrected chi connectivity index (χ2v) is 10.4. The predicted molar refractivity (Wildman–Crippen MR) is 156 cm³/mol. The van der Waals surface area contributed by atoms with Crippen LogP contribution in [-0.4, -0.2) is 55.0 Å². The van der Waals surface area contributed by atoms with Crippen molar-refractivity contribution in [2.24, 2.45) is 0 Å². The van der Waals surface area contributed by atoms with Crippen molar-refractivity contribution in [2.75, 3.05) is 26.0 Å². The molecule has 2 N–H and O–H groups in total. The lowest BCUT2D eigenvalue weighted by Crippen LogP contribution is -2.23. The van der Waals surface area contributed by atoms with Crippen molar-refractivity contribution >= 4 is 33.4 Å². The molecule has 0 saturated heterocycles. The van der Waals surface area contributed by atoms with Gasteiger partial charge in [0, 0.05) is 18.4 Å². The molecule has 5 aromatic rings. The Morgan fingerprint density at radius 3 is 2.62 bits per heavy atom. The van der Waals surface area contributed by atoms with Crippen molar-refractivity contribution in [3.05, 3.63) is 95.1 Å². The summed E-state index contributed by atoms with van der Waals surface area (Å²) in [5.74, 6) is 0.818. The van der Waals surface area contributed by atoms with E-state index in [0.29, 0.717) is 28.5 Å². The van der Waals surface area contributed by atoms with Crippen LogP contribution < -0.4 is 10.9 Å². The normalized spacial score (nSPS) is 11.9. The first kappa shape index (κ1) is 26.3. The van der Waals surface area contributed by atoms with E-state index in [4.69, 9.17) is 4.98 Å². The molecule has 5 rings (SSSR count). The molecule has 0 amide bonds. The summed E-state index contributed by atoms with van der Waals surface area (Å²) in [6.07, 6.45) is 4.15. The summed E-state index contributed by atoms with van der Waals surface area (Å²) in [6, 6.07) is 17.9. The number of aromatic nitrogens is 5. The van der Waals surface area contributed by atoms with Gasteiger partial charge in [0.25, 0.3) is 5.56 Å². The van der Waals surface area contributed by atoms with E-state index in [2.05, 4.69) is 71.2 Å². The van der Waals surface area contributed by atoms with E-state index in [0.717, 1.165) is 24.0 Å². The Bertz CT molecular complexity index is 1730. The Morgan fingerprint density at radius 1 is 1.08 bits per heavy atom. The first-order valence-corrected chi connectivity index (χ1v) is 12.9. The number of pyridine rings is 1. The van der Waals surface area contributed by atoms with Gasteiger partial charge in [-0.1, -0.05) is 36.4 Å². The lowest BCUT2D eigenvalue weighted by molar-refractivity contribution is 0.0738. The number of hydrogen-bond acceptors (Lipinski definition) is 7. The number of anilines is 2. The summed E-state index contributed by atoms with van der Waals surface area (Å²) < 4.78 is 3.16. The fraction of sp³-hybridized carbons (Fsp3) is 0.267. The van der Waals surface area contributed by atoms with Crippen molar-refractivity contribution in [3.8, 4) is 5.82 Å². The molecule has 0 aliphatic heterocycles. The maximum absolute atomic E-state index is 13.3. The molecule has 0 spiro atoms. The summed E-state index contributed by atoms with van der Waals surface area (Å²) in [7, 11) is 4.16. The molecular weight excluding hydrogens is 490 g/mol. The molecule has 0 radical (unpaired) electrons. The van der Waals surface area contributed by atoms with Crippen LogP contribution in [-0.2, 0) is 18.6 Å². The highest BCUT2D eigenvalue weighted by molar-refractivity contribution is 5.89. The highest BCUT2D eigenvalue weighted by atomic mass is 16.3. The molecule has 0 atom stereocenters. The van der Waals surface area contributed by atoms with Crippen molar-refractivity contribution < 1.29 is 5.11 Å². The van der Waals surface area contributed by atoms with Crippen molar-refractivity contribution in [1.29, 1.82) is 0 Å². The molecule has 0 aliphatic carbocycles. The zero-order valence-corrected chi connectivity index (χ0v) is 22.7. The fourth-order valence-corrected chi connectivity index (χ4v) is 4.61. The Hall–Kier alpha value is -4.34. The van der Waals surface area contributed by atoms with Gasteiger partial charge in [0.2, 0.25) is 5.95 Å². The third-order valence-corrected chi connectivity index (χ3v) is 6.61. The van der Waals surface area contributed by atoms with Crippen LogP contribution in [0.5, 0.6) is 0 Å². The zero-order chi connectivity index (χ0) is 27.7. The monoisotopic (exact) mass is 523 g/mol. The van der Waals surface area contributed by atoms with Crippen LogP contribution in [0.1, 0.15) is 25.1 Å². The van der Waals surface area contributed by atoms with Crippen molar-refractivity contribution in [3.63, 3.8) is 0 Å². The van der Waals surface area contributed by atoms with Gasteiger partial charge in [-0.05, 0) is 75.0 Å². The average Bonchev–Trinajstić information content (AvgIpc) is 3.17. The maximum Gasteiger partial charge on any atom is 0.278 e. The summed E-state index contributed by atoms with van der Waals surface area (Å²) >= 11 is 0. The van der Waals surface area contributed by atoms with Gasteiger partial charge in [-0.15, -0.1) is 6.58 Å². The topological polar surface area (TPSA) is 101 Å². The smallest absolute Gasteiger partial charge is 0.278 e. The molecule has 0 saturated carbocycles. The van der Waals surface area contributed by atoms with Crippen LogP contribution in [0, 0.1) is 0 Å². The molecule has 0 fully saturated rings. The lowest BCUT2D eigenvalue weighted by atomic mass is 10.0. The third-order valence-electron chi connectivity index (χ3n) is 6.61. The van der Waals surface area contributed by atoms with E-state index in [1.54, 1.807) is 42.8 Å². The van der Waals surface area contributed by atoms with Crippen molar-refractivity contribution in [2.45, 2.75) is 32.4 Å². The van der Waals surface area contributed by atoms with E-state index in [1.807, 2.05) is 6.07 Å². The molecule has 0 aliphatic rings. The maximum atomic E-state index is 13.3. The minimum Gasteiger partial charge on any atom is -0.384 e. The molecule has 0 bridgehead atoms. The number of likely N-dealkylation sites (N-methyl/N-ethyl adjacent to an activating group) is 1. The third kappa shape index (κ3) is 5.32. The number of fused-ring (bicyclic) bond motifs is 2. The van der Waals surface area contributed by atoms with E-state index in [9.17, 15) is 9.90 Å². The summed E-state index contributed by atoms with van der Waals surface area (Å²) in [5.41, 5.74) is 1.64. The van der Waals surface area contributed by atoms with Crippen LogP contribution in [0.4, 0.5) is 11.6 Å². The van der Waals surface area contributed by atoms with Gasteiger partial charge in [0.1, 0.15) is 11.0 Å². The van der Waals surface area contributed by atoms with Gasteiger partial charge in [0.05, 0.1) is 12.2 Å². The highest BCUT2D eigenvalue weighted by Crippen LogP contribution is 2.26. The number of rotatable bonds is 9. The molecule has 3 aromatic heterocycles.